The summed E-state index contributed by atoms with van der Waals surface area (Å²) in [7, 11) is 0. The van der Waals surface area contributed by atoms with Gasteiger partial charge in [0.15, 0.2) is 16.8 Å². The third-order valence-electron chi connectivity index (χ3n) is 4.74. The van der Waals surface area contributed by atoms with E-state index in [1.54, 1.807) is 18.3 Å². The first-order chi connectivity index (χ1) is 15.6. The Morgan fingerprint density at radius 2 is 1.75 bits per heavy atom. The number of rotatable bonds is 5. The minimum atomic E-state index is -0.948. The van der Waals surface area contributed by atoms with E-state index in [1.165, 1.54) is 28.3 Å². The third kappa shape index (κ3) is 4.02. The lowest BCUT2D eigenvalue weighted by atomic mass is 10.2. The summed E-state index contributed by atoms with van der Waals surface area (Å²) in [6.45, 7) is 0. The van der Waals surface area contributed by atoms with Gasteiger partial charge in [0.05, 0.1) is 11.2 Å². The summed E-state index contributed by atoms with van der Waals surface area (Å²) in [5.74, 6) is -1.01. The van der Waals surface area contributed by atoms with Crippen molar-refractivity contribution in [3.8, 4) is 0 Å². The zero-order chi connectivity index (χ0) is 22.1. The number of hydrogen-bond acceptors (Lipinski definition) is 6. The normalized spacial score (nSPS) is 11.2. The van der Waals surface area contributed by atoms with Gasteiger partial charge in [-0.15, -0.1) is 0 Å². The molecular weight excluding hydrogens is 432 g/mol. The van der Waals surface area contributed by atoms with Crippen molar-refractivity contribution in [1.82, 2.24) is 19.4 Å². The van der Waals surface area contributed by atoms with Crippen molar-refractivity contribution in [3.63, 3.8) is 0 Å². The van der Waals surface area contributed by atoms with Crippen molar-refractivity contribution in [2.45, 2.75) is 10.9 Å². The zero-order valence-corrected chi connectivity index (χ0v) is 17.3. The predicted molar refractivity (Wildman–Crippen MR) is 120 cm³/mol. The van der Waals surface area contributed by atoms with Crippen LogP contribution in [-0.4, -0.2) is 19.4 Å². The summed E-state index contributed by atoms with van der Waals surface area (Å²) in [6, 6.07) is 17.8. The number of aromatic nitrogens is 4. The van der Waals surface area contributed by atoms with Crippen LogP contribution in [0.5, 0.6) is 0 Å². The minimum Gasteiger partial charge on any atom is -0.339 e. The molecule has 9 heteroatoms. The molecule has 0 amide bonds. The highest BCUT2D eigenvalue weighted by molar-refractivity contribution is 7.98. The lowest BCUT2D eigenvalue weighted by Crippen LogP contribution is -2.14. The highest BCUT2D eigenvalue weighted by atomic mass is 32.2. The van der Waals surface area contributed by atoms with Crippen LogP contribution in [-0.2, 0) is 5.75 Å². The lowest BCUT2D eigenvalue weighted by Gasteiger charge is -2.11. The number of pyridine rings is 1. The van der Waals surface area contributed by atoms with Crippen LogP contribution in [0.4, 0.5) is 20.3 Å². The number of nitrogens with one attached hydrogen (secondary N) is 1. The average Bonchev–Trinajstić information content (AvgIpc) is 2.80. The van der Waals surface area contributed by atoms with E-state index in [0.717, 1.165) is 17.5 Å². The van der Waals surface area contributed by atoms with Crippen LogP contribution in [0, 0.1) is 11.6 Å². The second kappa shape index (κ2) is 8.35. The Kier molecular flexibility index (Phi) is 5.24. The molecule has 6 nitrogen and oxygen atoms in total. The molecule has 2 aromatic carbocycles. The molecule has 0 atom stereocenters. The molecule has 0 radical (unpaired) electrons. The summed E-state index contributed by atoms with van der Waals surface area (Å²) < 4.78 is 28.4. The minimum absolute atomic E-state index is 0.161. The fourth-order valence-corrected chi connectivity index (χ4v) is 3.98. The molecule has 0 spiro atoms. The number of anilines is 2. The molecule has 1 N–H and O–H groups in total. The van der Waals surface area contributed by atoms with Gasteiger partial charge in [0.1, 0.15) is 11.5 Å². The van der Waals surface area contributed by atoms with Gasteiger partial charge in [-0.25, -0.2) is 23.7 Å². The number of nitrogens with zero attached hydrogens (tertiary/aromatic N) is 4. The number of halogens is 2. The van der Waals surface area contributed by atoms with Crippen molar-refractivity contribution in [2.24, 2.45) is 0 Å². The summed E-state index contributed by atoms with van der Waals surface area (Å²) in [5.41, 5.74) is 2.08. The maximum absolute atomic E-state index is 13.6. The van der Waals surface area contributed by atoms with Crippen molar-refractivity contribution >= 4 is 39.8 Å². The van der Waals surface area contributed by atoms with Gasteiger partial charge in [-0.1, -0.05) is 30.0 Å². The average molecular weight is 447 g/mol. The zero-order valence-electron chi connectivity index (χ0n) is 16.5. The number of thioether (sulfide) groups is 1. The van der Waals surface area contributed by atoms with E-state index in [-0.39, 0.29) is 5.56 Å². The van der Waals surface area contributed by atoms with Crippen LogP contribution in [0.15, 0.2) is 82.9 Å². The Morgan fingerprint density at radius 3 is 2.62 bits per heavy atom. The first-order valence-electron chi connectivity index (χ1n) is 9.66. The molecule has 0 fully saturated rings. The van der Waals surface area contributed by atoms with Crippen LogP contribution in [0.2, 0.25) is 0 Å². The van der Waals surface area contributed by atoms with Gasteiger partial charge in [0, 0.05) is 35.2 Å². The quantitative estimate of drug-likeness (QED) is 0.304. The number of hydrogen-bond donors (Lipinski definition) is 1. The molecule has 5 aromatic rings. The van der Waals surface area contributed by atoms with Crippen LogP contribution in [0.25, 0.3) is 16.6 Å². The van der Waals surface area contributed by atoms with Gasteiger partial charge in [-0.3, -0.25) is 9.20 Å². The topological polar surface area (TPSA) is 72.2 Å². The van der Waals surface area contributed by atoms with Crippen LogP contribution in [0.3, 0.4) is 0 Å². The molecule has 32 heavy (non-hydrogen) atoms. The molecular formula is C23H15F2N5OS. The molecule has 5 rings (SSSR count). The van der Waals surface area contributed by atoms with Crippen LogP contribution in [0.1, 0.15) is 5.69 Å². The number of benzene rings is 2. The van der Waals surface area contributed by atoms with Crippen LogP contribution < -0.4 is 10.9 Å². The molecule has 0 unspecified atom stereocenters. The van der Waals surface area contributed by atoms with Gasteiger partial charge in [-0.05, 0) is 36.4 Å². The van der Waals surface area contributed by atoms with Crippen molar-refractivity contribution in [2.75, 3.05) is 5.32 Å². The summed E-state index contributed by atoms with van der Waals surface area (Å²) >= 11 is 1.33. The SMILES string of the molecule is O=c1cc(CSc2nc(Nc3ccc(F)c(F)c3)c3ccccc3n2)nc2ccccn12. The Bertz CT molecular complexity index is 1520. The van der Waals surface area contributed by atoms with E-state index in [1.807, 2.05) is 30.3 Å². The molecule has 0 saturated carbocycles. The molecule has 3 aromatic heterocycles. The summed E-state index contributed by atoms with van der Waals surface area (Å²) in [4.78, 5) is 26.0. The van der Waals surface area contributed by atoms with Crippen molar-refractivity contribution in [1.29, 1.82) is 0 Å². The molecule has 0 bridgehead atoms. The highest BCUT2D eigenvalue weighted by Gasteiger charge is 2.11. The lowest BCUT2D eigenvalue weighted by molar-refractivity contribution is 0.509. The first-order valence-corrected chi connectivity index (χ1v) is 10.6. The molecule has 0 aliphatic rings. The number of para-hydroxylation sites is 1. The molecule has 0 aliphatic heterocycles. The first kappa shape index (κ1) is 20.1. The maximum Gasteiger partial charge on any atom is 0.258 e. The van der Waals surface area contributed by atoms with Gasteiger partial charge < -0.3 is 5.32 Å². The fraction of sp³-hybridized carbons (Fsp3) is 0.0435. The van der Waals surface area contributed by atoms with E-state index in [2.05, 4.69) is 20.3 Å². The molecule has 0 saturated heterocycles. The smallest absolute Gasteiger partial charge is 0.258 e. The van der Waals surface area contributed by atoms with Gasteiger partial charge in [0.25, 0.3) is 5.56 Å². The summed E-state index contributed by atoms with van der Waals surface area (Å²) in [5, 5.41) is 4.25. The highest BCUT2D eigenvalue weighted by Crippen LogP contribution is 2.28. The molecule has 158 valence electrons. The van der Waals surface area contributed by atoms with E-state index < -0.39 is 11.6 Å². The fourth-order valence-electron chi connectivity index (χ4n) is 3.24. The van der Waals surface area contributed by atoms with Crippen LogP contribution >= 0.6 is 11.8 Å². The van der Waals surface area contributed by atoms with E-state index in [4.69, 9.17) is 0 Å². The predicted octanol–water partition coefficient (Wildman–Crippen LogP) is 4.95. The van der Waals surface area contributed by atoms with Gasteiger partial charge in [-0.2, -0.15) is 0 Å². The van der Waals surface area contributed by atoms with E-state index in [0.29, 0.717) is 39.3 Å². The third-order valence-corrected chi connectivity index (χ3v) is 5.62. The number of fused-ring (bicyclic) bond motifs is 2. The standard InChI is InChI=1S/C23H15F2N5OS/c24-17-9-8-14(11-18(17)25)27-22-16-5-1-2-6-19(16)28-23(29-22)32-13-15-12-21(31)30-10-4-3-7-20(30)26-15/h1-12H,13H2,(H,27,28,29). The molecule has 0 aliphatic carbocycles. The second-order valence-corrected chi connectivity index (χ2v) is 7.87. The summed E-state index contributed by atoms with van der Waals surface area (Å²) in [6.07, 6.45) is 1.67. The Hall–Kier alpha value is -3.85. The maximum atomic E-state index is 13.6. The van der Waals surface area contributed by atoms with Gasteiger partial charge >= 0.3 is 0 Å². The Labute approximate surface area is 185 Å². The largest absolute Gasteiger partial charge is 0.339 e. The molecule has 3 heterocycles. The second-order valence-electron chi connectivity index (χ2n) is 6.93. The van der Waals surface area contributed by atoms with E-state index >= 15 is 0 Å². The Morgan fingerprint density at radius 1 is 0.906 bits per heavy atom. The van der Waals surface area contributed by atoms with Crippen molar-refractivity contribution < 1.29 is 8.78 Å². The monoisotopic (exact) mass is 447 g/mol. The van der Waals surface area contributed by atoms with Crippen molar-refractivity contribution in [3.05, 3.63) is 101 Å². The Balaban J connectivity index is 1.47. The van der Waals surface area contributed by atoms with E-state index in [9.17, 15) is 13.6 Å². The van der Waals surface area contributed by atoms with Gasteiger partial charge in [0.2, 0.25) is 0 Å².